The maximum atomic E-state index is 12.8. The summed E-state index contributed by atoms with van der Waals surface area (Å²) in [4.78, 5) is 25.4. The molecule has 1 aliphatic rings. The molecule has 0 bridgehead atoms. The molecule has 0 saturated heterocycles. The molecule has 1 aliphatic heterocycles. The minimum absolute atomic E-state index is 0.0836. The first-order valence-corrected chi connectivity index (χ1v) is 9.43. The van der Waals surface area contributed by atoms with Gasteiger partial charge in [0.2, 0.25) is 5.90 Å². The number of hydrogen-bond donors (Lipinski definition) is 0. The highest BCUT2D eigenvalue weighted by molar-refractivity contribution is 6.30. The molecule has 3 aromatic rings. The predicted octanol–water partition coefficient (Wildman–Crippen LogP) is 4.13. The summed E-state index contributed by atoms with van der Waals surface area (Å²) in [5, 5.41) is 18.1. The van der Waals surface area contributed by atoms with Gasteiger partial charge in [-0.25, -0.2) is 4.79 Å². The van der Waals surface area contributed by atoms with E-state index in [0.717, 1.165) is 0 Å². The van der Waals surface area contributed by atoms with E-state index in [9.17, 15) is 9.59 Å². The molecule has 7 nitrogen and oxygen atoms in total. The molecule has 8 heteroatoms. The van der Waals surface area contributed by atoms with E-state index in [1.165, 1.54) is 0 Å². The van der Waals surface area contributed by atoms with E-state index >= 15 is 0 Å². The van der Waals surface area contributed by atoms with Gasteiger partial charge < -0.3 is 9.15 Å². The highest BCUT2D eigenvalue weighted by Gasteiger charge is 2.30. The zero-order chi connectivity index (χ0) is 21.1. The second-order valence-corrected chi connectivity index (χ2v) is 6.98. The zero-order valence-electron chi connectivity index (χ0n) is 15.5. The summed E-state index contributed by atoms with van der Waals surface area (Å²) < 4.78 is 11.1. The van der Waals surface area contributed by atoms with E-state index in [1.807, 2.05) is 12.1 Å². The number of hydrogen-bond acceptors (Lipinski definition) is 7. The number of fused-ring (bicyclic) bond motifs is 1. The molecule has 2 heterocycles. The Hall–Kier alpha value is -3.76. The maximum Gasteiger partial charge on any atom is 0.345 e. The first-order valence-electron chi connectivity index (χ1n) is 9.05. The van der Waals surface area contributed by atoms with Gasteiger partial charge >= 0.3 is 5.63 Å². The topological polar surface area (TPSA) is 105 Å². The third kappa shape index (κ3) is 4.00. The number of rotatable bonds is 5. The van der Waals surface area contributed by atoms with E-state index < -0.39 is 11.7 Å². The number of ketones is 1. The molecule has 148 valence electrons. The van der Waals surface area contributed by atoms with Crippen molar-refractivity contribution in [3.05, 3.63) is 81.2 Å². The minimum Gasteiger partial charge on any atom is -0.468 e. The van der Waals surface area contributed by atoms with Gasteiger partial charge in [-0.3, -0.25) is 4.79 Å². The van der Waals surface area contributed by atoms with Gasteiger partial charge in [0.25, 0.3) is 0 Å². The number of halogens is 1. The zero-order valence-corrected chi connectivity index (χ0v) is 16.3. The van der Waals surface area contributed by atoms with Crippen molar-refractivity contribution in [2.45, 2.75) is 18.9 Å². The van der Waals surface area contributed by atoms with Crippen LogP contribution in [0.5, 0.6) is 0 Å². The summed E-state index contributed by atoms with van der Waals surface area (Å²) in [5.41, 5.74) is 0.600. The molecule has 0 amide bonds. The Morgan fingerprint density at radius 3 is 2.67 bits per heavy atom. The van der Waals surface area contributed by atoms with Crippen LogP contribution < -0.4 is 5.63 Å². The molecular weight excluding hydrogens is 406 g/mol. The van der Waals surface area contributed by atoms with Crippen LogP contribution in [0.4, 0.5) is 0 Å². The van der Waals surface area contributed by atoms with Crippen molar-refractivity contribution >= 4 is 40.0 Å². The van der Waals surface area contributed by atoms with Crippen molar-refractivity contribution in [1.29, 1.82) is 5.26 Å². The van der Waals surface area contributed by atoms with E-state index in [4.69, 9.17) is 26.0 Å². The van der Waals surface area contributed by atoms with Crippen molar-refractivity contribution in [3.8, 4) is 6.07 Å². The summed E-state index contributed by atoms with van der Waals surface area (Å²) in [6.07, 6.45) is -1.09. The van der Waals surface area contributed by atoms with Crippen LogP contribution in [0.15, 0.2) is 74.0 Å². The number of nitrogens with zero attached hydrogens (tertiary/aromatic N) is 3. The number of Topliss-reactive ketones (excluding diaryl/α,β-unsaturated/α-hetero) is 1. The fourth-order valence-corrected chi connectivity index (χ4v) is 3.22. The maximum absolute atomic E-state index is 12.8. The van der Waals surface area contributed by atoms with Gasteiger partial charge in [-0.1, -0.05) is 29.8 Å². The number of para-hydroxylation sites is 1. The fourth-order valence-electron chi connectivity index (χ4n) is 3.09. The summed E-state index contributed by atoms with van der Waals surface area (Å²) >= 11 is 5.88. The molecule has 0 aliphatic carbocycles. The largest absolute Gasteiger partial charge is 0.468 e. The standard InChI is InChI=1S/C22H14ClN3O4/c23-15-7-5-13(6-8-15)17(27)12-19-21(26-25-20(29-19)9-10-24)16-11-14-3-1-2-4-18(14)30-22(16)28/h1-8,11,19H,9,12H2. The molecule has 0 radical (unpaired) electrons. The SMILES string of the molecule is N#CCC1=NN=C(c2cc3ccccc3oc2=O)C(CC(=O)c2ccc(Cl)cc2)O1. The van der Waals surface area contributed by atoms with Crippen LogP contribution >= 0.6 is 11.6 Å². The Kier molecular flexibility index (Phi) is 5.42. The van der Waals surface area contributed by atoms with Crippen molar-refractivity contribution in [2.24, 2.45) is 10.2 Å². The van der Waals surface area contributed by atoms with Crippen molar-refractivity contribution in [2.75, 3.05) is 0 Å². The lowest BCUT2D eigenvalue weighted by Crippen LogP contribution is -2.35. The van der Waals surface area contributed by atoms with Crippen LogP contribution in [0.2, 0.25) is 5.02 Å². The molecular formula is C22H14ClN3O4. The molecule has 2 aromatic carbocycles. The summed E-state index contributed by atoms with van der Waals surface area (Å²) in [5.74, 6) is -0.145. The van der Waals surface area contributed by atoms with Gasteiger partial charge in [0.05, 0.1) is 18.1 Å². The smallest absolute Gasteiger partial charge is 0.345 e. The number of carbonyl (C=O) groups is 1. The Balaban J connectivity index is 1.72. The highest BCUT2D eigenvalue weighted by atomic mass is 35.5. The predicted molar refractivity (Wildman–Crippen MR) is 112 cm³/mol. The molecule has 0 fully saturated rings. The van der Waals surface area contributed by atoms with Gasteiger partial charge in [-0.05, 0) is 36.4 Å². The van der Waals surface area contributed by atoms with Crippen molar-refractivity contribution in [1.82, 2.24) is 0 Å². The normalized spacial score (nSPS) is 15.7. The molecule has 0 spiro atoms. The summed E-state index contributed by atoms with van der Waals surface area (Å²) in [7, 11) is 0. The van der Waals surface area contributed by atoms with Crippen LogP contribution in [0.1, 0.15) is 28.8 Å². The molecule has 0 saturated carbocycles. The Labute approximate surface area is 175 Å². The number of nitriles is 1. The average Bonchev–Trinajstić information content (AvgIpc) is 2.74. The highest BCUT2D eigenvalue weighted by Crippen LogP contribution is 2.21. The van der Waals surface area contributed by atoms with Crippen molar-refractivity contribution in [3.63, 3.8) is 0 Å². The second kappa shape index (κ2) is 8.31. The van der Waals surface area contributed by atoms with Crippen LogP contribution in [0.3, 0.4) is 0 Å². The summed E-state index contributed by atoms with van der Waals surface area (Å²) in [6, 6.07) is 17.1. The number of ether oxygens (including phenoxy) is 1. The first kappa shape index (κ1) is 19.6. The Morgan fingerprint density at radius 2 is 1.90 bits per heavy atom. The fraction of sp³-hybridized carbons (Fsp3) is 0.136. The molecule has 1 atom stereocenters. The third-order valence-corrected chi connectivity index (χ3v) is 4.79. The Morgan fingerprint density at radius 1 is 1.13 bits per heavy atom. The quantitative estimate of drug-likeness (QED) is 0.456. The van der Waals surface area contributed by atoms with Gasteiger partial charge in [0, 0.05) is 16.0 Å². The molecule has 4 rings (SSSR count). The first-order chi connectivity index (χ1) is 14.5. The third-order valence-electron chi connectivity index (χ3n) is 4.54. The molecule has 1 aromatic heterocycles. The van der Waals surface area contributed by atoms with Crippen LogP contribution in [0.25, 0.3) is 11.0 Å². The van der Waals surface area contributed by atoms with Crippen molar-refractivity contribution < 1.29 is 13.9 Å². The number of carbonyl (C=O) groups excluding carboxylic acids is 1. The van der Waals surface area contributed by atoms with Gasteiger partial charge in [0.1, 0.15) is 17.7 Å². The van der Waals surface area contributed by atoms with Crippen LogP contribution in [-0.2, 0) is 4.74 Å². The second-order valence-electron chi connectivity index (χ2n) is 6.54. The Bertz CT molecular complexity index is 1290. The van der Waals surface area contributed by atoms with Gasteiger partial charge in [-0.15, -0.1) is 10.2 Å². The average molecular weight is 420 g/mol. The lowest BCUT2D eigenvalue weighted by atomic mass is 9.98. The number of benzene rings is 2. The summed E-state index contributed by atoms with van der Waals surface area (Å²) in [6.45, 7) is 0. The molecule has 0 N–H and O–H groups in total. The van der Waals surface area contributed by atoms with Gasteiger partial charge in [-0.2, -0.15) is 5.26 Å². The molecule has 30 heavy (non-hydrogen) atoms. The van der Waals surface area contributed by atoms with E-state index in [0.29, 0.717) is 21.6 Å². The lowest BCUT2D eigenvalue weighted by molar-refractivity contribution is 0.0936. The molecule has 1 unspecified atom stereocenters. The van der Waals surface area contributed by atoms with E-state index in [2.05, 4.69) is 10.2 Å². The van der Waals surface area contributed by atoms with E-state index in [-0.39, 0.29) is 35.8 Å². The van der Waals surface area contributed by atoms with E-state index in [1.54, 1.807) is 48.5 Å². The van der Waals surface area contributed by atoms with Gasteiger partial charge in [0.15, 0.2) is 11.9 Å². The minimum atomic E-state index is -0.891. The van der Waals surface area contributed by atoms with Crippen LogP contribution in [-0.4, -0.2) is 23.5 Å². The lowest BCUT2D eigenvalue weighted by Gasteiger charge is -2.22. The van der Waals surface area contributed by atoms with Crippen LogP contribution in [0, 0.1) is 11.3 Å². The monoisotopic (exact) mass is 419 g/mol.